The average Bonchev–Trinajstić information content (AvgIpc) is 2.17. The molecule has 0 fully saturated rings. The predicted octanol–water partition coefficient (Wildman–Crippen LogP) is 0.0169. The third-order valence-electron chi connectivity index (χ3n) is 2.31. The zero-order chi connectivity index (χ0) is 12.6. The van der Waals surface area contributed by atoms with Gasteiger partial charge in [-0.2, -0.15) is 0 Å². The van der Waals surface area contributed by atoms with Gasteiger partial charge in [-0.05, 0) is 27.2 Å². The van der Waals surface area contributed by atoms with E-state index in [4.69, 9.17) is 0 Å². The Morgan fingerprint density at radius 2 is 1.62 bits per heavy atom. The van der Waals surface area contributed by atoms with Crippen LogP contribution in [0.15, 0.2) is 0 Å². The average molecular weight is 229 g/mol. The number of likely N-dealkylation sites (N-methyl/N-ethyl adjacent to an activating group) is 1. The molecule has 0 aliphatic carbocycles. The van der Waals surface area contributed by atoms with Crippen molar-refractivity contribution < 1.29 is 9.59 Å². The van der Waals surface area contributed by atoms with E-state index >= 15 is 0 Å². The van der Waals surface area contributed by atoms with Gasteiger partial charge in [0.2, 0.25) is 11.8 Å². The van der Waals surface area contributed by atoms with Crippen LogP contribution in [0.5, 0.6) is 0 Å². The number of carbonyl (C=O) groups is 2. The first-order valence-corrected chi connectivity index (χ1v) is 5.69. The molecule has 0 rings (SSSR count). The van der Waals surface area contributed by atoms with Crippen LogP contribution in [-0.2, 0) is 9.59 Å². The fraction of sp³-hybridized carbons (Fsp3) is 0.818. The van der Waals surface area contributed by atoms with Gasteiger partial charge in [0.25, 0.3) is 0 Å². The standard InChI is InChI=1S/C11H23N3O2/c1-5-11(3,4)14-10(16)8-12-7-9(15)13-6-2/h12H,5-8H2,1-4H3,(H,13,15)(H,14,16). The lowest BCUT2D eigenvalue weighted by Gasteiger charge is -2.24. The second-order valence-electron chi connectivity index (χ2n) is 4.34. The monoisotopic (exact) mass is 229 g/mol. The van der Waals surface area contributed by atoms with Crippen molar-refractivity contribution in [3.63, 3.8) is 0 Å². The third kappa shape index (κ3) is 7.23. The molecule has 5 nitrogen and oxygen atoms in total. The molecule has 0 radical (unpaired) electrons. The Kier molecular flexibility index (Phi) is 6.72. The molecule has 0 aromatic heterocycles. The van der Waals surface area contributed by atoms with Crippen molar-refractivity contribution >= 4 is 11.8 Å². The fourth-order valence-electron chi connectivity index (χ4n) is 1.06. The second-order valence-corrected chi connectivity index (χ2v) is 4.34. The van der Waals surface area contributed by atoms with E-state index in [0.717, 1.165) is 6.42 Å². The lowest BCUT2D eigenvalue weighted by molar-refractivity contribution is -0.122. The first-order chi connectivity index (χ1) is 7.41. The summed E-state index contributed by atoms with van der Waals surface area (Å²) in [6, 6.07) is 0. The van der Waals surface area contributed by atoms with Gasteiger partial charge in [-0.25, -0.2) is 0 Å². The lowest BCUT2D eigenvalue weighted by atomic mass is 10.0. The van der Waals surface area contributed by atoms with Crippen molar-refractivity contribution in [1.82, 2.24) is 16.0 Å². The topological polar surface area (TPSA) is 70.2 Å². The van der Waals surface area contributed by atoms with Crippen molar-refractivity contribution in [2.45, 2.75) is 39.7 Å². The van der Waals surface area contributed by atoms with Gasteiger partial charge in [-0.1, -0.05) is 6.92 Å². The van der Waals surface area contributed by atoms with Crippen LogP contribution in [0.25, 0.3) is 0 Å². The van der Waals surface area contributed by atoms with Gasteiger partial charge in [-0.15, -0.1) is 0 Å². The maximum absolute atomic E-state index is 11.5. The van der Waals surface area contributed by atoms with E-state index in [2.05, 4.69) is 16.0 Å². The van der Waals surface area contributed by atoms with Gasteiger partial charge in [0.1, 0.15) is 0 Å². The van der Waals surface area contributed by atoms with Crippen LogP contribution in [0.2, 0.25) is 0 Å². The SMILES string of the molecule is CCNC(=O)CNCC(=O)NC(C)(C)CC. The van der Waals surface area contributed by atoms with Crippen LogP contribution < -0.4 is 16.0 Å². The molecule has 0 unspecified atom stereocenters. The molecule has 0 saturated carbocycles. The molecule has 5 heteroatoms. The van der Waals surface area contributed by atoms with Gasteiger partial charge in [0.05, 0.1) is 13.1 Å². The van der Waals surface area contributed by atoms with Gasteiger partial charge in [0.15, 0.2) is 0 Å². The molecular weight excluding hydrogens is 206 g/mol. The minimum absolute atomic E-state index is 0.0869. The number of hydrogen-bond acceptors (Lipinski definition) is 3. The molecule has 2 amide bonds. The molecule has 0 aromatic carbocycles. The van der Waals surface area contributed by atoms with E-state index in [1.165, 1.54) is 0 Å². The summed E-state index contributed by atoms with van der Waals surface area (Å²) in [5.41, 5.74) is -0.190. The van der Waals surface area contributed by atoms with E-state index in [1.807, 2.05) is 27.7 Å². The highest BCUT2D eigenvalue weighted by atomic mass is 16.2. The summed E-state index contributed by atoms with van der Waals surface area (Å²) in [6.45, 7) is 8.75. The van der Waals surface area contributed by atoms with Crippen molar-refractivity contribution in [3.05, 3.63) is 0 Å². The van der Waals surface area contributed by atoms with Crippen LogP contribution in [0.3, 0.4) is 0 Å². The van der Waals surface area contributed by atoms with E-state index < -0.39 is 0 Å². The molecule has 0 bridgehead atoms. The number of rotatable bonds is 7. The first kappa shape index (κ1) is 14.9. The quantitative estimate of drug-likeness (QED) is 0.576. The summed E-state index contributed by atoms with van der Waals surface area (Å²) in [5.74, 6) is -0.179. The molecule has 3 N–H and O–H groups in total. The molecule has 0 spiro atoms. The summed E-state index contributed by atoms with van der Waals surface area (Å²) in [5, 5.41) is 8.32. The largest absolute Gasteiger partial charge is 0.355 e. The van der Waals surface area contributed by atoms with Crippen molar-refractivity contribution in [3.8, 4) is 0 Å². The Morgan fingerprint density at radius 3 is 2.12 bits per heavy atom. The zero-order valence-corrected chi connectivity index (χ0v) is 10.6. The van der Waals surface area contributed by atoms with Crippen LogP contribution >= 0.6 is 0 Å². The van der Waals surface area contributed by atoms with Gasteiger partial charge in [-0.3, -0.25) is 14.9 Å². The van der Waals surface area contributed by atoms with Crippen LogP contribution in [-0.4, -0.2) is 37.0 Å². The molecule has 0 aliphatic rings. The molecule has 0 saturated heterocycles. The minimum Gasteiger partial charge on any atom is -0.355 e. The highest BCUT2D eigenvalue weighted by Crippen LogP contribution is 2.05. The lowest BCUT2D eigenvalue weighted by Crippen LogP contribution is -2.47. The van der Waals surface area contributed by atoms with Gasteiger partial charge in [0, 0.05) is 12.1 Å². The van der Waals surface area contributed by atoms with E-state index in [9.17, 15) is 9.59 Å². The molecule has 0 atom stereocenters. The number of hydrogen-bond donors (Lipinski definition) is 3. The van der Waals surface area contributed by atoms with Crippen LogP contribution in [0.4, 0.5) is 0 Å². The maximum atomic E-state index is 11.5. The predicted molar refractivity (Wildman–Crippen MR) is 64.1 cm³/mol. The molecule has 94 valence electrons. The number of nitrogens with one attached hydrogen (secondary N) is 3. The normalized spacial score (nSPS) is 11.0. The Bertz CT molecular complexity index is 239. The highest BCUT2D eigenvalue weighted by molar-refractivity contribution is 5.81. The Balaban J connectivity index is 3.70. The summed E-state index contributed by atoms with van der Waals surface area (Å²) in [4.78, 5) is 22.5. The van der Waals surface area contributed by atoms with Crippen LogP contribution in [0.1, 0.15) is 34.1 Å². The third-order valence-corrected chi connectivity index (χ3v) is 2.31. The highest BCUT2D eigenvalue weighted by Gasteiger charge is 2.17. The Morgan fingerprint density at radius 1 is 1.06 bits per heavy atom. The number of carbonyl (C=O) groups excluding carboxylic acids is 2. The van der Waals surface area contributed by atoms with Gasteiger partial charge >= 0.3 is 0 Å². The molecule has 0 aliphatic heterocycles. The molecule has 0 aromatic rings. The number of amides is 2. The molecule has 0 heterocycles. The van der Waals surface area contributed by atoms with Crippen molar-refractivity contribution in [1.29, 1.82) is 0 Å². The minimum atomic E-state index is -0.190. The van der Waals surface area contributed by atoms with Crippen LogP contribution in [0, 0.1) is 0 Å². The van der Waals surface area contributed by atoms with Gasteiger partial charge < -0.3 is 10.6 Å². The smallest absolute Gasteiger partial charge is 0.234 e. The van der Waals surface area contributed by atoms with E-state index in [-0.39, 0.29) is 30.4 Å². The maximum Gasteiger partial charge on any atom is 0.234 e. The Hall–Kier alpha value is -1.10. The zero-order valence-electron chi connectivity index (χ0n) is 10.6. The van der Waals surface area contributed by atoms with Crippen molar-refractivity contribution in [2.75, 3.05) is 19.6 Å². The molecular formula is C11H23N3O2. The second kappa shape index (κ2) is 7.22. The summed E-state index contributed by atoms with van der Waals surface area (Å²) in [7, 11) is 0. The molecule has 16 heavy (non-hydrogen) atoms. The summed E-state index contributed by atoms with van der Waals surface area (Å²) < 4.78 is 0. The van der Waals surface area contributed by atoms with E-state index in [0.29, 0.717) is 6.54 Å². The summed E-state index contributed by atoms with van der Waals surface area (Å²) in [6.07, 6.45) is 0.870. The summed E-state index contributed by atoms with van der Waals surface area (Å²) >= 11 is 0. The van der Waals surface area contributed by atoms with Crippen molar-refractivity contribution in [2.24, 2.45) is 0 Å². The first-order valence-electron chi connectivity index (χ1n) is 5.69. The fourth-order valence-corrected chi connectivity index (χ4v) is 1.06. The van der Waals surface area contributed by atoms with E-state index in [1.54, 1.807) is 0 Å². The Labute approximate surface area is 97.4 Å².